The van der Waals surface area contributed by atoms with Crippen LogP contribution in [0.2, 0.25) is 5.15 Å². The summed E-state index contributed by atoms with van der Waals surface area (Å²) in [6.45, 7) is 2.70. The number of nitrogens with two attached hydrogens (primary N) is 1. The van der Waals surface area contributed by atoms with E-state index in [-0.39, 0.29) is 0 Å². The summed E-state index contributed by atoms with van der Waals surface area (Å²) in [5, 5.41) is 11.9. The molecule has 1 atom stereocenters. The normalized spacial score (nSPS) is 17.2. The Balaban J connectivity index is 1.68. The summed E-state index contributed by atoms with van der Waals surface area (Å²) in [4.78, 5) is 0. The summed E-state index contributed by atoms with van der Waals surface area (Å²) in [5.74, 6) is 0.831. The van der Waals surface area contributed by atoms with Crippen LogP contribution in [0.4, 0.5) is 5.00 Å². The van der Waals surface area contributed by atoms with Crippen molar-refractivity contribution in [3.63, 3.8) is 0 Å². The molecule has 2 aromatic heterocycles. The Morgan fingerprint density at radius 1 is 1.42 bits per heavy atom. The summed E-state index contributed by atoms with van der Waals surface area (Å²) >= 11 is 7.87. The maximum Gasteiger partial charge on any atom is 0.154 e. The van der Waals surface area contributed by atoms with Crippen molar-refractivity contribution in [1.82, 2.24) is 9.78 Å². The third-order valence-corrected chi connectivity index (χ3v) is 6.29. The fourth-order valence-electron chi connectivity index (χ4n) is 3.78. The zero-order valence-electron chi connectivity index (χ0n) is 14.5. The molecule has 3 N–H and O–H groups in total. The van der Waals surface area contributed by atoms with Gasteiger partial charge in [0.25, 0.3) is 0 Å². The molecule has 2 aromatic rings. The number of halogens is 1. The van der Waals surface area contributed by atoms with Gasteiger partial charge in [-0.1, -0.05) is 43.7 Å². The molecule has 1 aliphatic carbocycles. The maximum absolute atomic E-state index is 6.15. The highest BCUT2D eigenvalue weighted by atomic mass is 35.5. The zero-order valence-corrected chi connectivity index (χ0v) is 16.1. The quantitative estimate of drug-likeness (QED) is 0.770. The van der Waals surface area contributed by atoms with Crippen LogP contribution in [0.15, 0.2) is 11.4 Å². The third-order valence-electron chi connectivity index (χ3n) is 5.07. The second kappa shape index (κ2) is 7.89. The Morgan fingerprint density at radius 2 is 2.17 bits per heavy atom. The number of rotatable bonds is 6. The molecule has 4 nitrogen and oxygen atoms in total. The van der Waals surface area contributed by atoms with Crippen molar-refractivity contribution >= 4 is 27.9 Å². The Bertz CT molecular complexity index is 673. The summed E-state index contributed by atoms with van der Waals surface area (Å²) in [5.41, 5.74) is 9.29. The minimum atomic E-state index is 0.357. The summed E-state index contributed by atoms with van der Waals surface area (Å²) in [6, 6.07) is 2.55. The molecule has 0 aliphatic heterocycles. The topological polar surface area (TPSA) is 55.9 Å². The van der Waals surface area contributed by atoms with Gasteiger partial charge >= 0.3 is 0 Å². The van der Waals surface area contributed by atoms with Crippen LogP contribution >= 0.6 is 22.9 Å². The van der Waals surface area contributed by atoms with E-state index in [0.717, 1.165) is 22.7 Å². The molecule has 0 saturated heterocycles. The largest absolute Gasteiger partial charge is 0.373 e. The van der Waals surface area contributed by atoms with Crippen molar-refractivity contribution in [1.29, 1.82) is 0 Å². The van der Waals surface area contributed by atoms with E-state index in [1.165, 1.54) is 43.5 Å². The van der Waals surface area contributed by atoms with Crippen LogP contribution in [0.5, 0.6) is 0 Å². The average molecular weight is 367 g/mol. The molecular weight excluding hydrogens is 340 g/mol. The van der Waals surface area contributed by atoms with Gasteiger partial charge < -0.3 is 11.1 Å². The Labute approximate surface area is 153 Å². The van der Waals surface area contributed by atoms with Gasteiger partial charge in [-0.15, -0.1) is 11.3 Å². The van der Waals surface area contributed by atoms with E-state index in [0.29, 0.717) is 17.7 Å². The molecule has 3 rings (SSSR count). The third kappa shape index (κ3) is 3.95. The molecule has 0 bridgehead atoms. The van der Waals surface area contributed by atoms with Crippen molar-refractivity contribution in [2.45, 2.75) is 51.5 Å². The van der Waals surface area contributed by atoms with Crippen molar-refractivity contribution in [2.24, 2.45) is 18.7 Å². The summed E-state index contributed by atoms with van der Waals surface area (Å²) < 4.78 is 1.85. The molecule has 24 heavy (non-hydrogen) atoms. The number of anilines is 1. The van der Waals surface area contributed by atoms with Crippen LogP contribution in [0.3, 0.4) is 0 Å². The van der Waals surface area contributed by atoms with E-state index in [1.54, 1.807) is 11.3 Å². The van der Waals surface area contributed by atoms with Crippen LogP contribution in [0, 0.1) is 12.8 Å². The highest BCUT2D eigenvalue weighted by Crippen LogP contribution is 2.34. The molecule has 1 saturated carbocycles. The van der Waals surface area contributed by atoms with E-state index in [9.17, 15) is 0 Å². The number of nitrogens with one attached hydrogen (secondary N) is 1. The molecule has 0 unspecified atom stereocenters. The van der Waals surface area contributed by atoms with E-state index in [2.05, 4.69) is 21.9 Å². The molecule has 2 heterocycles. The predicted octanol–water partition coefficient (Wildman–Crippen LogP) is 4.82. The first-order valence-corrected chi connectivity index (χ1v) is 10.1. The van der Waals surface area contributed by atoms with Crippen molar-refractivity contribution < 1.29 is 0 Å². The van der Waals surface area contributed by atoms with Crippen molar-refractivity contribution in [3.8, 4) is 11.3 Å². The van der Waals surface area contributed by atoms with E-state index < -0.39 is 0 Å². The van der Waals surface area contributed by atoms with Gasteiger partial charge in [0.05, 0.1) is 10.7 Å². The van der Waals surface area contributed by atoms with Gasteiger partial charge in [-0.2, -0.15) is 5.10 Å². The van der Waals surface area contributed by atoms with Crippen LogP contribution in [-0.2, 0) is 7.05 Å². The Morgan fingerprint density at radius 3 is 2.79 bits per heavy atom. The van der Waals surface area contributed by atoms with Crippen LogP contribution < -0.4 is 11.1 Å². The number of thiophene rings is 1. The molecule has 0 aromatic carbocycles. The molecule has 1 aliphatic rings. The lowest BCUT2D eigenvalue weighted by atomic mass is 9.85. The zero-order chi connectivity index (χ0) is 17.1. The highest BCUT2D eigenvalue weighted by molar-refractivity contribution is 7.14. The number of aromatic nitrogens is 2. The lowest BCUT2D eigenvalue weighted by molar-refractivity contribution is 0.325. The minimum Gasteiger partial charge on any atom is -0.373 e. The first kappa shape index (κ1) is 17.8. The van der Waals surface area contributed by atoms with E-state index in [4.69, 9.17) is 17.3 Å². The fourth-order valence-corrected chi connectivity index (χ4v) is 4.84. The van der Waals surface area contributed by atoms with Crippen molar-refractivity contribution in [3.05, 3.63) is 22.2 Å². The minimum absolute atomic E-state index is 0.357. The van der Waals surface area contributed by atoms with Crippen molar-refractivity contribution in [2.75, 3.05) is 11.9 Å². The van der Waals surface area contributed by atoms with Gasteiger partial charge in [0.1, 0.15) is 0 Å². The second-order valence-electron chi connectivity index (χ2n) is 6.90. The molecule has 6 heteroatoms. The molecular formula is C18H27ClN4S. The second-order valence-corrected chi connectivity index (χ2v) is 8.17. The first-order valence-electron chi connectivity index (χ1n) is 8.83. The van der Waals surface area contributed by atoms with Gasteiger partial charge in [-0.3, -0.25) is 4.68 Å². The summed E-state index contributed by atoms with van der Waals surface area (Å²) in [7, 11) is 1.94. The highest BCUT2D eigenvalue weighted by Gasteiger charge is 2.19. The maximum atomic E-state index is 6.15. The number of aryl methyl sites for hydroxylation is 1. The van der Waals surface area contributed by atoms with Crippen LogP contribution in [0.25, 0.3) is 11.3 Å². The average Bonchev–Trinajstić information content (AvgIpc) is 3.12. The number of nitrogens with zero attached hydrogens (tertiary/aromatic N) is 2. The predicted molar refractivity (Wildman–Crippen MR) is 104 cm³/mol. The standard InChI is InChI=1S/C18H27ClN4S/c1-12-17(23(2)22-18(12)19)14-9-16(24-11-14)21-15(10-20)8-13-6-4-3-5-7-13/h9,11,13,15,21H,3-8,10,20H2,1-2H3/t15-/m0/s1. The SMILES string of the molecule is Cc1c(Cl)nn(C)c1-c1csc(N[C@H](CN)CC2CCCCC2)c1. The lowest BCUT2D eigenvalue weighted by Crippen LogP contribution is -2.31. The molecule has 0 spiro atoms. The summed E-state index contributed by atoms with van der Waals surface area (Å²) in [6.07, 6.45) is 8.07. The van der Waals surface area contributed by atoms with Gasteiger partial charge in [-0.25, -0.2) is 0 Å². The monoisotopic (exact) mass is 366 g/mol. The van der Waals surface area contributed by atoms with Crippen LogP contribution in [-0.4, -0.2) is 22.4 Å². The molecule has 0 radical (unpaired) electrons. The number of hydrogen-bond donors (Lipinski definition) is 2. The van der Waals surface area contributed by atoms with Gasteiger partial charge in [-0.05, 0) is 25.3 Å². The van der Waals surface area contributed by atoms with E-state index in [1.807, 2.05) is 18.7 Å². The van der Waals surface area contributed by atoms with E-state index >= 15 is 0 Å². The smallest absolute Gasteiger partial charge is 0.154 e. The van der Waals surface area contributed by atoms with Gasteiger partial charge in [0.2, 0.25) is 0 Å². The lowest BCUT2D eigenvalue weighted by Gasteiger charge is -2.26. The molecule has 132 valence electrons. The van der Waals surface area contributed by atoms with Gasteiger partial charge in [0.15, 0.2) is 5.15 Å². The Hall–Kier alpha value is -1.04. The fraction of sp³-hybridized carbons (Fsp3) is 0.611. The number of hydrogen-bond acceptors (Lipinski definition) is 4. The molecule has 0 amide bonds. The first-order chi connectivity index (χ1) is 11.6. The van der Waals surface area contributed by atoms with Gasteiger partial charge in [0, 0.05) is 36.1 Å². The Kier molecular flexibility index (Phi) is 5.85. The molecule has 1 fully saturated rings. The van der Waals surface area contributed by atoms with Crippen LogP contribution in [0.1, 0.15) is 44.1 Å².